The normalized spacial score (nSPS) is 13.5. The number of nitrogens with one attached hydrogen (secondary N) is 1. The van der Waals surface area contributed by atoms with Gasteiger partial charge in [-0.25, -0.2) is 4.98 Å². The summed E-state index contributed by atoms with van der Waals surface area (Å²) in [6.07, 6.45) is 0. The molecule has 2 N–H and O–H groups in total. The molecule has 0 unspecified atom stereocenters. The number of benzene rings is 4. The minimum Gasteiger partial charge on any atom is -0.372 e. The molecule has 0 aliphatic heterocycles. The van der Waals surface area contributed by atoms with Crippen molar-refractivity contribution in [2.45, 2.75) is 12.5 Å². The average Bonchev–Trinajstić information content (AvgIpc) is 3.38. The van der Waals surface area contributed by atoms with Crippen molar-refractivity contribution in [3.05, 3.63) is 108 Å². The number of thiazole rings is 1. The van der Waals surface area contributed by atoms with Gasteiger partial charge in [-0.05, 0) is 60.0 Å². The highest BCUT2D eigenvalue weighted by atomic mass is 32.1. The van der Waals surface area contributed by atoms with Crippen LogP contribution in [0, 0.1) is 6.92 Å². The van der Waals surface area contributed by atoms with Gasteiger partial charge >= 0.3 is 0 Å². The maximum atomic E-state index is 13.4. The number of aliphatic hydroxyl groups is 1. The third-order valence-electron chi connectivity index (χ3n) is 6.19. The third kappa shape index (κ3) is 3.09. The molecule has 1 aliphatic carbocycles. The second-order valence-corrected chi connectivity index (χ2v) is 9.35. The summed E-state index contributed by atoms with van der Waals surface area (Å²) in [6.45, 7) is 2.07. The zero-order chi connectivity index (χ0) is 22.6. The number of fused-ring (bicyclic) bond motifs is 4. The van der Waals surface area contributed by atoms with Crippen LogP contribution < -0.4 is 5.32 Å². The Bertz CT molecular complexity index is 1490. The Hall–Kier alpha value is -3.80. The molecule has 0 saturated heterocycles. The number of carbonyl (C=O) groups excluding carboxylic acids is 1. The first-order chi connectivity index (χ1) is 16.0. The second kappa shape index (κ2) is 7.37. The van der Waals surface area contributed by atoms with E-state index in [1.54, 1.807) is 11.3 Å². The van der Waals surface area contributed by atoms with E-state index in [4.69, 9.17) is 4.98 Å². The molecule has 0 radical (unpaired) electrons. The van der Waals surface area contributed by atoms with Crippen LogP contribution in [0.3, 0.4) is 0 Å². The fourth-order valence-electron chi connectivity index (χ4n) is 4.53. The van der Waals surface area contributed by atoms with Gasteiger partial charge in [-0.1, -0.05) is 54.6 Å². The van der Waals surface area contributed by atoms with E-state index < -0.39 is 11.5 Å². The number of nitrogens with zero attached hydrogens (tertiary/aromatic N) is 1. The van der Waals surface area contributed by atoms with Crippen molar-refractivity contribution in [3.8, 4) is 21.7 Å². The fraction of sp³-hybridized carbons (Fsp3) is 0.0714. The highest BCUT2D eigenvalue weighted by molar-refractivity contribution is 7.21. The number of carbonyl (C=O) groups is 1. The van der Waals surface area contributed by atoms with Crippen molar-refractivity contribution in [2.24, 2.45) is 0 Å². The standard InChI is InChI=1S/C28H20N2O2S/c1-17-10-15-24-25(16-17)33-26(30-24)18-11-13-19(14-12-18)29-27(31)28(32)22-8-4-2-6-20(22)21-7-3-5-9-23(21)28/h2-16,32H,1H3,(H,29,31). The van der Waals surface area contributed by atoms with Gasteiger partial charge in [0.05, 0.1) is 10.2 Å². The Kier molecular flexibility index (Phi) is 4.43. The molecule has 5 aromatic rings. The topological polar surface area (TPSA) is 62.2 Å². The first-order valence-corrected chi connectivity index (χ1v) is 11.6. The summed E-state index contributed by atoms with van der Waals surface area (Å²) in [5, 5.41) is 15.5. The largest absolute Gasteiger partial charge is 0.372 e. The summed E-state index contributed by atoms with van der Waals surface area (Å²) >= 11 is 1.65. The van der Waals surface area contributed by atoms with Crippen LogP contribution in [0.1, 0.15) is 16.7 Å². The van der Waals surface area contributed by atoms with Crippen LogP contribution in [0.5, 0.6) is 0 Å². The number of anilines is 1. The minimum absolute atomic E-state index is 0.469. The van der Waals surface area contributed by atoms with E-state index in [1.807, 2.05) is 78.9 Å². The molecule has 0 fully saturated rings. The number of aryl methyl sites for hydroxylation is 1. The Morgan fingerprint density at radius 1 is 0.879 bits per heavy atom. The first kappa shape index (κ1) is 19.9. The molecule has 1 aromatic heterocycles. The molecule has 1 heterocycles. The van der Waals surface area contributed by atoms with Crippen LogP contribution in [-0.2, 0) is 10.4 Å². The smallest absolute Gasteiger partial charge is 0.265 e. The van der Waals surface area contributed by atoms with Gasteiger partial charge in [0.15, 0.2) is 5.60 Å². The van der Waals surface area contributed by atoms with E-state index in [2.05, 4.69) is 24.4 Å². The lowest BCUT2D eigenvalue weighted by Crippen LogP contribution is -2.39. The lowest BCUT2D eigenvalue weighted by atomic mass is 9.90. The molecule has 5 heteroatoms. The summed E-state index contributed by atoms with van der Waals surface area (Å²) in [5.74, 6) is -0.469. The average molecular weight is 449 g/mol. The lowest BCUT2D eigenvalue weighted by Gasteiger charge is -2.24. The summed E-state index contributed by atoms with van der Waals surface area (Å²) in [6, 6.07) is 28.9. The molecule has 0 bridgehead atoms. The maximum absolute atomic E-state index is 13.4. The van der Waals surface area contributed by atoms with Gasteiger partial charge in [0.25, 0.3) is 5.91 Å². The molecule has 33 heavy (non-hydrogen) atoms. The van der Waals surface area contributed by atoms with Gasteiger partial charge in [-0.3, -0.25) is 4.79 Å². The number of hydrogen-bond donors (Lipinski definition) is 2. The number of amides is 1. The van der Waals surface area contributed by atoms with Crippen LogP contribution in [0.4, 0.5) is 5.69 Å². The van der Waals surface area contributed by atoms with E-state index >= 15 is 0 Å². The molecular formula is C28H20N2O2S. The third-order valence-corrected chi connectivity index (χ3v) is 7.25. The Morgan fingerprint density at radius 3 is 2.18 bits per heavy atom. The summed E-state index contributed by atoms with van der Waals surface area (Å²) in [5.41, 5.74) is 5.03. The molecule has 0 spiro atoms. The Balaban J connectivity index is 1.31. The van der Waals surface area contributed by atoms with Crippen LogP contribution in [-0.4, -0.2) is 16.0 Å². The van der Waals surface area contributed by atoms with Gasteiger partial charge in [-0.2, -0.15) is 0 Å². The van der Waals surface area contributed by atoms with E-state index in [0.29, 0.717) is 16.8 Å². The van der Waals surface area contributed by atoms with Crippen LogP contribution in [0.2, 0.25) is 0 Å². The number of aromatic nitrogens is 1. The molecule has 0 saturated carbocycles. The fourth-order valence-corrected chi connectivity index (χ4v) is 5.60. The summed E-state index contributed by atoms with van der Waals surface area (Å²) in [4.78, 5) is 18.1. The van der Waals surface area contributed by atoms with Gasteiger partial charge in [-0.15, -0.1) is 11.3 Å². The van der Waals surface area contributed by atoms with Crippen LogP contribution in [0.25, 0.3) is 31.9 Å². The van der Waals surface area contributed by atoms with E-state index in [-0.39, 0.29) is 0 Å². The molecule has 1 aliphatic rings. The predicted molar refractivity (Wildman–Crippen MR) is 133 cm³/mol. The highest BCUT2D eigenvalue weighted by Gasteiger charge is 2.47. The van der Waals surface area contributed by atoms with E-state index in [1.165, 1.54) is 5.56 Å². The molecule has 4 nitrogen and oxygen atoms in total. The van der Waals surface area contributed by atoms with Crippen molar-refractivity contribution in [1.82, 2.24) is 4.98 Å². The number of hydrogen-bond acceptors (Lipinski definition) is 4. The monoisotopic (exact) mass is 448 g/mol. The Morgan fingerprint density at radius 2 is 1.52 bits per heavy atom. The molecule has 4 aromatic carbocycles. The zero-order valence-corrected chi connectivity index (χ0v) is 18.7. The molecule has 160 valence electrons. The van der Waals surface area contributed by atoms with E-state index in [0.717, 1.165) is 31.9 Å². The molecule has 0 atom stereocenters. The molecule has 1 amide bonds. The van der Waals surface area contributed by atoms with Crippen molar-refractivity contribution in [3.63, 3.8) is 0 Å². The first-order valence-electron chi connectivity index (χ1n) is 10.7. The molecular weight excluding hydrogens is 428 g/mol. The summed E-state index contributed by atoms with van der Waals surface area (Å²) in [7, 11) is 0. The van der Waals surface area contributed by atoms with Crippen molar-refractivity contribution >= 4 is 33.1 Å². The number of rotatable bonds is 3. The Labute approximate surface area is 195 Å². The van der Waals surface area contributed by atoms with Gasteiger partial charge in [0, 0.05) is 22.4 Å². The lowest BCUT2D eigenvalue weighted by molar-refractivity contribution is -0.130. The minimum atomic E-state index is -1.74. The van der Waals surface area contributed by atoms with Gasteiger partial charge in [0.1, 0.15) is 5.01 Å². The van der Waals surface area contributed by atoms with Crippen molar-refractivity contribution in [1.29, 1.82) is 0 Å². The van der Waals surface area contributed by atoms with Gasteiger partial charge < -0.3 is 10.4 Å². The maximum Gasteiger partial charge on any atom is 0.265 e. The van der Waals surface area contributed by atoms with Crippen molar-refractivity contribution in [2.75, 3.05) is 5.32 Å². The van der Waals surface area contributed by atoms with Gasteiger partial charge in [0.2, 0.25) is 0 Å². The molecule has 6 rings (SSSR count). The van der Waals surface area contributed by atoms with E-state index in [9.17, 15) is 9.90 Å². The quantitative estimate of drug-likeness (QED) is 0.349. The van der Waals surface area contributed by atoms with Crippen molar-refractivity contribution < 1.29 is 9.90 Å². The zero-order valence-electron chi connectivity index (χ0n) is 17.9. The SMILES string of the molecule is Cc1ccc2nc(-c3ccc(NC(=O)C4(O)c5ccccc5-c5ccccc54)cc3)sc2c1. The second-order valence-electron chi connectivity index (χ2n) is 8.32. The van der Waals surface area contributed by atoms with Crippen LogP contribution >= 0.6 is 11.3 Å². The summed E-state index contributed by atoms with van der Waals surface area (Å²) < 4.78 is 1.16. The highest BCUT2D eigenvalue weighted by Crippen LogP contribution is 2.47. The predicted octanol–water partition coefficient (Wildman–Crippen LogP) is 6.13. The van der Waals surface area contributed by atoms with Crippen LogP contribution in [0.15, 0.2) is 91.0 Å².